The first-order valence-corrected chi connectivity index (χ1v) is 9.60. The molecule has 2 aromatic carbocycles. The Kier molecular flexibility index (Phi) is 5.76. The summed E-state index contributed by atoms with van der Waals surface area (Å²) in [5.41, 5.74) is 4.33. The number of hydrogen-bond acceptors (Lipinski definition) is 5. The van der Waals surface area contributed by atoms with E-state index in [4.69, 9.17) is 9.97 Å². The highest BCUT2D eigenvalue weighted by atomic mass is 15.2. The Balaban J connectivity index is 1.62. The Bertz CT molecular complexity index is 1040. The van der Waals surface area contributed by atoms with Crippen molar-refractivity contribution in [3.63, 3.8) is 0 Å². The van der Waals surface area contributed by atoms with E-state index in [1.165, 1.54) is 5.56 Å². The number of benzene rings is 2. The zero-order valence-electron chi connectivity index (χ0n) is 16.4. The second-order valence-electron chi connectivity index (χ2n) is 6.86. The van der Waals surface area contributed by atoms with Crippen molar-refractivity contribution in [2.75, 3.05) is 17.3 Å². The van der Waals surface area contributed by atoms with Crippen LogP contribution in [-0.4, -0.2) is 22.0 Å². The number of pyridine rings is 1. The second-order valence-corrected chi connectivity index (χ2v) is 6.86. The quantitative estimate of drug-likeness (QED) is 0.499. The molecule has 4 aromatic rings. The van der Waals surface area contributed by atoms with Crippen LogP contribution in [0.15, 0.2) is 91.3 Å². The van der Waals surface area contributed by atoms with Crippen LogP contribution < -0.4 is 10.2 Å². The Labute approximate surface area is 171 Å². The molecule has 0 saturated heterocycles. The molecule has 4 rings (SSSR count). The Morgan fingerprint density at radius 1 is 0.793 bits per heavy atom. The number of nitrogens with zero attached hydrogens (tertiary/aromatic N) is 4. The zero-order chi connectivity index (χ0) is 19.9. The lowest BCUT2D eigenvalue weighted by atomic mass is 10.1. The van der Waals surface area contributed by atoms with Crippen molar-refractivity contribution in [2.45, 2.75) is 13.1 Å². The van der Waals surface area contributed by atoms with Gasteiger partial charge in [0.05, 0.1) is 5.69 Å². The van der Waals surface area contributed by atoms with Crippen molar-refractivity contribution in [1.29, 1.82) is 0 Å². The van der Waals surface area contributed by atoms with Crippen LogP contribution >= 0.6 is 0 Å². The van der Waals surface area contributed by atoms with Crippen molar-refractivity contribution < 1.29 is 0 Å². The van der Waals surface area contributed by atoms with Crippen LogP contribution in [0.3, 0.4) is 0 Å². The maximum atomic E-state index is 4.82. The lowest BCUT2D eigenvalue weighted by Crippen LogP contribution is -2.20. The number of nitrogens with one attached hydrogen (secondary N) is 1. The van der Waals surface area contributed by atoms with E-state index in [1.54, 1.807) is 12.4 Å². The van der Waals surface area contributed by atoms with Gasteiger partial charge in [0.2, 0.25) is 5.95 Å². The molecule has 0 radical (unpaired) electrons. The van der Waals surface area contributed by atoms with Crippen LogP contribution in [0.5, 0.6) is 0 Å². The minimum absolute atomic E-state index is 0.676. The molecule has 0 aliphatic rings. The molecule has 5 nitrogen and oxygen atoms in total. The Morgan fingerprint density at radius 2 is 1.48 bits per heavy atom. The van der Waals surface area contributed by atoms with E-state index < -0.39 is 0 Å². The number of hydrogen-bond donors (Lipinski definition) is 1. The van der Waals surface area contributed by atoms with E-state index in [2.05, 4.69) is 39.5 Å². The molecular weight excluding hydrogens is 358 g/mol. The highest BCUT2D eigenvalue weighted by Crippen LogP contribution is 2.23. The average molecular weight is 381 g/mol. The van der Waals surface area contributed by atoms with Gasteiger partial charge in [-0.25, -0.2) is 4.98 Å². The topological polar surface area (TPSA) is 53.9 Å². The van der Waals surface area contributed by atoms with Gasteiger partial charge in [-0.2, -0.15) is 4.98 Å². The molecule has 1 N–H and O–H groups in total. The smallest absolute Gasteiger partial charge is 0.227 e. The van der Waals surface area contributed by atoms with Gasteiger partial charge in [0.15, 0.2) is 0 Å². The Morgan fingerprint density at radius 3 is 2.21 bits per heavy atom. The van der Waals surface area contributed by atoms with Gasteiger partial charge in [0.1, 0.15) is 5.82 Å². The predicted molar refractivity (Wildman–Crippen MR) is 118 cm³/mol. The van der Waals surface area contributed by atoms with Gasteiger partial charge in [-0.15, -0.1) is 0 Å². The highest BCUT2D eigenvalue weighted by Gasteiger charge is 2.11. The van der Waals surface area contributed by atoms with E-state index in [0.717, 1.165) is 29.2 Å². The van der Waals surface area contributed by atoms with Crippen LogP contribution in [0.2, 0.25) is 0 Å². The second kappa shape index (κ2) is 8.97. The summed E-state index contributed by atoms with van der Waals surface area (Å²) >= 11 is 0. The van der Waals surface area contributed by atoms with Gasteiger partial charge in [-0.3, -0.25) is 4.98 Å². The molecule has 0 amide bonds. The summed E-state index contributed by atoms with van der Waals surface area (Å²) in [6.45, 7) is 1.42. The van der Waals surface area contributed by atoms with E-state index in [-0.39, 0.29) is 0 Å². The summed E-state index contributed by atoms with van der Waals surface area (Å²) < 4.78 is 0. The number of rotatable bonds is 7. The first-order valence-electron chi connectivity index (χ1n) is 9.60. The molecule has 0 saturated carbocycles. The van der Waals surface area contributed by atoms with Crippen molar-refractivity contribution in [2.24, 2.45) is 0 Å². The molecule has 5 heteroatoms. The minimum atomic E-state index is 0.676. The summed E-state index contributed by atoms with van der Waals surface area (Å²) in [7, 11) is 2.02. The van der Waals surface area contributed by atoms with Crippen LogP contribution in [0, 0.1) is 0 Å². The average Bonchev–Trinajstić information content (AvgIpc) is 2.79. The van der Waals surface area contributed by atoms with Crippen LogP contribution in [0.4, 0.5) is 11.8 Å². The molecule has 2 heterocycles. The molecule has 144 valence electrons. The van der Waals surface area contributed by atoms with Gasteiger partial charge in [0, 0.05) is 44.2 Å². The van der Waals surface area contributed by atoms with Gasteiger partial charge in [-0.05, 0) is 23.3 Å². The maximum absolute atomic E-state index is 4.82. The fraction of sp³-hybridized carbons (Fsp3) is 0.125. The third kappa shape index (κ3) is 4.96. The summed E-state index contributed by atoms with van der Waals surface area (Å²) in [4.78, 5) is 15.7. The van der Waals surface area contributed by atoms with Gasteiger partial charge < -0.3 is 10.2 Å². The van der Waals surface area contributed by atoms with Crippen molar-refractivity contribution >= 4 is 11.8 Å². The van der Waals surface area contributed by atoms with E-state index in [0.29, 0.717) is 12.5 Å². The predicted octanol–water partition coefficient (Wildman–Crippen LogP) is 4.79. The summed E-state index contributed by atoms with van der Waals surface area (Å²) in [6, 6.07) is 26.5. The first-order chi connectivity index (χ1) is 14.3. The van der Waals surface area contributed by atoms with E-state index >= 15 is 0 Å². The first kappa shape index (κ1) is 18.6. The van der Waals surface area contributed by atoms with Crippen molar-refractivity contribution in [1.82, 2.24) is 15.0 Å². The standard InChI is InChI=1S/C24H23N5/c1-29(18-20-8-4-2-5-9-20)24-27-22(21-10-6-3-7-11-21)16-23(28-24)26-17-19-12-14-25-15-13-19/h2-16H,17-18H2,1H3,(H,26,27,28). The zero-order valence-corrected chi connectivity index (χ0v) is 16.4. The summed E-state index contributed by atoms with van der Waals surface area (Å²) in [6.07, 6.45) is 3.59. The monoisotopic (exact) mass is 381 g/mol. The molecule has 0 unspecified atom stereocenters. The Hall–Kier alpha value is -3.73. The molecule has 0 aliphatic heterocycles. The summed E-state index contributed by atoms with van der Waals surface area (Å²) in [5, 5.41) is 3.42. The SMILES string of the molecule is CN(Cc1ccccc1)c1nc(NCc2ccncc2)cc(-c2ccccc2)n1. The van der Waals surface area contributed by atoms with Gasteiger partial charge in [-0.1, -0.05) is 60.7 Å². The summed E-state index contributed by atoms with van der Waals surface area (Å²) in [5.74, 6) is 1.48. The molecule has 0 atom stereocenters. The largest absolute Gasteiger partial charge is 0.366 e. The lowest BCUT2D eigenvalue weighted by molar-refractivity contribution is 0.867. The molecule has 0 fully saturated rings. The number of aromatic nitrogens is 3. The maximum Gasteiger partial charge on any atom is 0.227 e. The molecular formula is C24H23N5. The lowest BCUT2D eigenvalue weighted by Gasteiger charge is -2.19. The van der Waals surface area contributed by atoms with E-state index in [1.807, 2.05) is 61.6 Å². The van der Waals surface area contributed by atoms with Crippen LogP contribution in [-0.2, 0) is 13.1 Å². The third-order valence-corrected chi connectivity index (χ3v) is 4.61. The van der Waals surface area contributed by atoms with Crippen LogP contribution in [0.25, 0.3) is 11.3 Å². The third-order valence-electron chi connectivity index (χ3n) is 4.61. The normalized spacial score (nSPS) is 10.5. The number of anilines is 2. The fourth-order valence-electron chi connectivity index (χ4n) is 3.07. The van der Waals surface area contributed by atoms with Crippen LogP contribution in [0.1, 0.15) is 11.1 Å². The van der Waals surface area contributed by atoms with Gasteiger partial charge >= 0.3 is 0 Å². The van der Waals surface area contributed by atoms with Gasteiger partial charge in [0.25, 0.3) is 0 Å². The molecule has 0 aliphatic carbocycles. The molecule has 0 spiro atoms. The molecule has 2 aromatic heterocycles. The molecule has 29 heavy (non-hydrogen) atoms. The van der Waals surface area contributed by atoms with Crippen molar-refractivity contribution in [3.05, 3.63) is 102 Å². The van der Waals surface area contributed by atoms with Crippen molar-refractivity contribution in [3.8, 4) is 11.3 Å². The minimum Gasteiger partial charge on any atom is -0.366 e. The molecule has 0 bridgehead atoms. The fourth-order valence-corrected chi connectivity index (χ4v) is 3.07. The van der Waals surface area contributed by atoms with E-state index in [9.17, 15) is 0 Å². The highest BCUT2D eigenvalue weighted by molar-refractivity contribution is 5.64.